The number of carbonyl (C=O) groups is 1. The number of piperidine rings is 1. The highest BCUT2D eigenvalue weighted by atomic mass is 16.1. The summed E-state index contributed by atoms with van der Waals surface area (Å²) in [4.78, 5) is 13.8. The molecule has 2 rings (SSSR count). The molecule has 0 amide bonds. The molecule has 1 heterocycles. The largest absolute Gasteiger partial charge is 0.302 e. The highest BCUT2D eigenvalue weighted by Crippen LogP contribution is 2.33. The molecule has 1 saturated carbocycles. The number of nitrogens with zero attached hydrogens (tertiary/aromatic N) is 1. The van der Waals surface area contributed by atoms with Gasteiger partial charge in [-0.1, -0.05) is 6.42 Å². The number of likely N-dealkylation sites (tertiary alicyclic amines) is 1. The molecule has 1 aliphatic carbocycles. The van der Waals surface area contributed by atoms with E-state index in [0.717, 1.165) is 19.4 Å². The average Bonchev–Trinajstić information content (AvgIpc) is 2.45. The third-order valence-corrected chi connectivity index (χ3v) is 3.17. The van der Waals surface area contributed by atoms with Gasteiger partial charge in [-0.3, -0.25) is 4.79 Å². The van der Waals surface area contributed by atoms with Gasteiger partial charge in [-0.15, -0.1) is 0 Å². The zero-order valence-corrected chi connectivity index (χ0v) is 7.05. The Bertz CT molecular complexity index is 178. The van der Waals surface area contributed by atoms with Crippen molar-refractivity contribution in [3.8, 4) is 0 Å². The van der Waals surface area contributed by atoms with E-state index >= 15 is 0 Å². The zero-order valence-electron chi connectivity index (χ0n) is 7.05. The van der Waals surface area contributed by atoms with Gasteiger partial charge < -0.3 is 4.90 Å². The van der Waals surface area contributed by atoms with Crippen molar-refractivity contribution >= 4 is 5.78 Å². The second-order valence-electron chi connectivity index (χ2n) is 3.80. The monoisotopic (exact) mass is 153 g/mol. The lowest BCUT2D eigenvalue weighted by atomic mass is 9.91. The number of fused-ring (bicyclic) bond motifs is 1. The molecule has 62 valence electrons. The lowest BCUT2D eigenvalue weighted by Crippen LogP contribution is -2.44. The molecule has 2 heteroatoms. The number of hydrogen-bond acceptors (Lipinski definition) is 2. The Morgan fingerprint density at radius 2 is 2.27 bits per heavy atom. The second kappa shape index (κ2) is 2.59. The molecule has 0 N–H and O–H groups in total. The Morgan fingerprint density at radius 3 is 3.00 bits per heavy atom. The van der Waals surface area contributed by atoms with Crippen LogP contribution in [0.2, 0.25) is 0 Å². The van der Waals surface area contributed by atoms with Crippen molar-refractivity contribution < 1.29 is 4.79 Å². The van der Waals surface area contributed by atoms with E-state index in [2.05, 4.69) is 11.9 Å². The summed E-state index contributed by atoms with van der Waals surface area (Å²) in [5, 5.41) is 0. The van der Waals surface area contributed by atoms with Gasteiger partial charge in [0.2, 0.25) is 0 Å². The summed E-state index contributed by atoms with van der Waals surface area (Å²) in [6.45, 7) is 0.986. The number of ketones is 1. The Hall–Kier alpha value is -0.370. The summed E-state index contributed by atoms with van der Waals surface area (Å²) in [7, 11) is 2.15. The van der Waals surface area contributed by atoms with Crippen LogP contribution in [0.15, 0.2) is 0 Å². The van der Waals surface area contributed by atoms with Crippen molar-refractivity contribution in [2.75, 3.05) is 13.6 Å². The standard InChI is InChI=1S/C9H15NO/c1-10-6-5-9(11)7-3-2-4-8(7)10/h7-8H,2-6H2,1H3/t7-,8-/m0/s1. The fraction of sp³-hybridized carbons (Fsp3) is 0.889. The molecular formula is C9H15NO. The van der Waals surface area contributed by atoms with Gasteiger partial charge in [-0.05, 0) is 19.9 Å². The lowest BCUT2D eigenvalue weighted by Gasteiger charge is -2.33. The van der Waals surface area contributed by atoms with Crippen LogP contribution in [-0.4, -0.2) is 30.3 Å². The van der Waals surface area contributed by atoms with Crippen LogP contribution in [0.3, 0.4) is 0 Å². The van der Waals surface area contributed by atoms with Crippen molar-refractivity contribution in [3.05, 3.63) is 0 Å². The van der Waals surface area contributed by atoms with Gasteiger partial charge in [-0.25, -0.2) is 0 Å². The van der Waals surface area contributed by atoms with Crippen LogP contribution in [0.1, 0.15) is 25.7 Å². The van der Waals surface area contributed by atoms with Gasteiger partial charge in [0.15, 0.2) is 0 Å². The van der Waals surface area contributed by atoms with E-state index in [9.17, 15) is 4.79 Å². The smallest absolute Gasteiger partial charge is 0.138 e. The Balaban J connectivity index is 2.14. The molecule has 0 unspecified atom stereocenters. The van der Waals surface area contributed by atoms with Crippen LogP contribution in [0.25, 0.3) is 0 Å². The maximum atomic E-state index is 11.4. The maximum Gasteiger partial charge on any atom is 0.138 e. The minimum Gasteiger partial charge on any atom is -0.302 e. The van der Waals surface area contributed by atoms with E-state index in [4.69, 9.17) is 0 Å². The fourth-order valence-electron chi connectivity index (χ4n) is 2.48. The van der Waals surface area contributed by atoms with E-state index in [1.165, 1.54) is 12.8 Å². The van der Waals surface area contributed by atoms with Crippen LogP contribution in [-0.2, 0) is 4.79 Å². The van der Waals surface area contributed by atoms with E-state index in [1.807, 2.05) is 0 Å². The molecular weight excluding hydrogens is 138 g/mol. The summed E-state index contributed by atoms with van der Waals surface area (Å²) < 4.78 is 0. The highest BCUT2D eigenvalue weighted by molar-refractivity contribution is 5.83. The van der Waals surface area contributed by atoms with Crippen molar-refractivity contribution in [2.45, 2.75) is 31.7 Å². The number of carbonyl (C=O) groups excluding carboxylic acids is 1. The van der Waals surface area contributed by atoms with E-state index in [-0.39, 0.29) is 0 Å². The summed E-state index contributed by atoms with van der Waals surface area (Å²) in [6.07, 6.45) is 4.43. The summed E-state index contributed by atoms with van der Waals surface area (Å²) in [6, 6.07) is 0.594. The molecule has 0 aromatic carbocycles. The third kappa shape index (κ3) is 1.09. The first-order valence-electron chi connectivity index (χ1n) is 4.52. The molecule has 1 aliphatic heterocycles. The normalized spacial score (nSPS) is 39.2. The molecule has 0 spiro atoms. The molecule has 0 radical (unpaired) electrons. The highest BCUT2D eigenvalue weighted by Gasteiger charge is 2.38. The summed E-state index contributed by atoms with van der Waals surface area (Å²) in [5.41, 5.74) is 0. The first-order chi connectivity index (χ1) is 5.29. The second-order valence-corrected chi connectivity index (χ2v) is 3.80. The van der Waals surface area contributed by atoms with E-state index in [1.54, 1.807) is 0 Å². The van der Waals surface area contributed by atoms with Crippen LogP contribution in [0.4, 0.5) is 0 Å². The fourth-order valence-corrected chi connectivity index (χ4v) is 2.48. The number of rotatable bonds is 0. The van der Waals surface area contributed by atoms with Crippen LogP contribution < -0.4 is 0 Å². The molecule has 1 saturated heterocycles. The van der Waals surface area contributed by atoms with Crippen molar-refractivity contribution in [2.24, 2.45) is 5.92 Å². The van der Waals surface area contributed by atoms with Crippen LogP contribution in [0, 0.1) is 5.92 Å². The average molecular weight is 153 g/mol. The molecule has 2 nitrogen and oxygen atoms in total. The topological polar surface area (TPSA) is 20.3 Å². The molecule has 0 bridgehead atoms. The van der Waals surface area contributed by atoms with Gasteiger partial charge in [0.25, 0.3) is 0 Å². The molecule has 0 aromatic rings. The van der Waals surface area contributed by atoms with Gasteiger partial charge in [0, 0.05) is 24.9 Å². The lowest BCUT2D eigenvalue weighted by molar-refractivity contribution is -0.127. The minimum atomic E-state index is 0.397. The SMILES string of the molecule is CN1CCC(=O)[C@H]2CCC[C@@H]21. The quantitative estimate of drug-likeness (QED) is 0.518. The Labute approximate surface area is 67.6 Å². The first-order valence-corrected chi connectivity index (χ1v) is 4.52. The molecule has 2 fully saturated rings. The van der Waals surface area contributed by atoms with Gasteiger partial charge in [0.1, 0.15) is 5.78 Å². The maximum absolute atomic E-state index is 11.4. The zero-order chi connectivity index (χ0) is 7.84. The van der Waals surface area contributed by atoms with E-state index < -0.39 is 0 Å². The molecule has 11 heavy (non-hydrogen) atoms. The van der Waals surface area contributed by atoms with Crippen LogP contribution in [0.5, 0.6) is 0 Å². The molecule has 2 atom stereocenters. The van der Waals surface area contributed by atoms with Gasteiger partial charge >= 0.3 is 0 Å². The number of Topliss-reactive ketones (excluding diaryl/α,β-unsaturated/α-hetero) is 1. The van der Waals surface area contributed by atoms with Gasteiger partial charge in [0.05, 0.1) is 0 Å². The van der Waals surface area contributed by atoms with Gasteiger partial charge in [-0.2, -0.15) is 0 Å². The summed E-state index contributed by atoms with van der Waals surface area (Å²) in [5.74, 6) is 0.916. The van der Waals surface area contributed by atoms with Crippen molar-refractivity contribution in [3.63, 3.8) is 0 Å². The third-order valence-electron chi connectivity index (χ3n) is 3.17. The number of hydrogen-bond donors (Lipinski definition) is 0. The summed E-state index contributed by atoms with van der Waals surface area (Å²) >= 11 is 0. The predicted octanol–water partition coefficient (Wildman–Crippen LogP) is 1.06. The minimum absolute atomic E-state index is 0.397. The van der Waals surface area contributed by atoms with Crippen molar-refractivity contribution in [1.29, 1.82) is 0 Å². The molecule has 0 aromatic heterocycles. The molecule has 2 aliphatic rings. The van der Waals surface area contributed by atoms with Crippen molar-refractivity contribution in [1.82, 2.24) is 4.90 Å². The Kier molecular flexibility index (Phi) is 1.72. The predicted molar refractivity (Wildman–Crippen MR) is 43.4 cm³/mol. The van der Waals surface area contributed by atoms with Crippen LogP contribution >= 0.6 is 0 Å². The first kappa shape index (κ1) is 7.29. The Morgan fingerprint density at radius 1 is 1.45 bits per heavy atom. The van der Waals surface area contributed by atoms with E-state index in [0.29, 0.717) is 17.7 Å².